The Balaban J connectivity index is 2.07. The van der Waals surface area contributed by atoms with Gasteiger partial charge >= 0.3 is 0 Å². The lowest BCUT2D eigenvalue weighted by Crippen LogP contribution is -2.49. The molecule has 2 aliphatic rings. The van der Waals surface area contributed by atoms with Crippen molar-refractivity contribution in [2.75, 3.05) is 7.05 Å². The van der Waals surface area contributed by atoms with E-state index in [2.05, 4.69) is 18.9 Å². The molecular weight excluding hydrogens is 134 g/mol. The SMILES string of the molecule is C[C@H]1C[C@H]2CCC[C@@H](C1)N2C. The first-order valence-corrected chi connectivity index (χ1v) is 4.99. The molecule has 1 nitrogen and oxygen atoms in total. The highest BCUT2D eigenvalue weighted by Crippen LogP contribution is 2.35. The minimum atomic E-state index is 0.928. The summed E-state index contributed by atoms with van der Waals surface area (Å²) in [6.07, 6.45) is 7.29. The van der Waals surface area contributed by atoms with E-state index in [0.717, 1.165) is 18.0 Å². The van der Waals surface area contributed by atoms with E-state index in [1.807, 2.05) is 0 Å². The van der Waals surface area contributed by atoms with Crippen LogP contribution in [0.25, 0.3) is 0 Å². The van der Waals surface area contributed by atoms with Crippen molar-refractivity contribution in [3.63, 3.8) is 0 Å². The predicted molar refractivity (Wildman–Crippen MR) is 47.6 cm³/mol. The second-order valence-electron chi connectivity index (χ2n) is 4.48. The molecule has 0 aromatic rings. The first-order valence-electron chi connectivity index (χ1n) is 4.99. The maximum atomic E-state index is 2.63. The van der Waals surface area contributed by atoms with Gasteiger partial charge in [-0.3, -0.25) is 0 Å². The van der Waals surface area contributed by atoms with Crippen molar-refractivity contribution in [2.45, 2.75) is 51.1 Å². The van der Waals surface area contributed by atoms with Gasteiger partial charge in [0, 0.05) is 12.1 Å². The zero-order valence-electron chi connectivity index (χ0n) is 7.71. The zero-order valence-corrected chi connectivity index (χ0v) is 7.71. The van der Waals surface area contributed by atoms with Gasteiger partial charge in [0.25, 0.3) is 0 Å². The Morgan fingerprint density at radius 2 is 1.64 bits per heavy atom. The molecule has 2 aliphatic heterocycles. The van der Waals surface area contributed by atoms with Crippen LogP contribution in [0.3, 0.4) is 0 Å². The molecule has 2 rings (SSSR count). The minimum absolute atomic E-state index is 0.928. The smallest absolute Gasteiger partial charge is 0.00977 e. The first kappa shape index (κ1) is 7.60. The van der Waals surface area contributed by atoms with Gasteiger partial charge in [-0.05, 0) is 38.6 Å². The van der Waals surface area contributed by atoms with Gasteiger partial charge in [-0.2, -0.15) is 0 Å². The fraction of sp³-hybridized carbons (Fsp3) is 1.00. The van der Waals surface area contributed by atoms with E-state index in [-0.39, 0.29) is 0 Å². The standard InChI is InChI=1S/C10H19N/c1-8-6-9-4-3-5-10(7-8)11(9)2/h8-10H,3-7H2,1-2H3/t8-,9+,10-. The van der Waals surface area contributed by atoms with Gasteiger partial charge in [0.05, 0.1) is 0 Å². The summed E-state index contributed by atoms with van der Waals surface area (Å²) in [6, 6.07) is 1.86. The van der Waals surface area contributed by atoms with Crippen molar-refractivity contribution in [1.82, 2.24) is 4.90 Å². The van der Waals surface area contributed by atoms with Crippen LogP contribution >= 0.6 is 0 Å². The van der Waals surface area contributed by atoms with Crippen LogP contribution < -0.4 is 0 Å². The normalized spacial score (nSPS) is 45.8. The Morgan fingerprint density at radius 3 is 2.18 bits per heavy atom. The van der Waals surface area contributed by atoms with Crippen LogP contribution in [0.1, 0.15) is 39.0 Å². The number of piperidine rings is 2. The summed E-state index contributed by atoms with van der Waals surface area (Å²) in [6.45, 7) is 2.42. The third-order valence-electron chi connectivity index (χ3n) is 3.58. The Bertz CT molecular complexity index is 130. The number of nitrogens with zero attached hydrogens (tertiary/aromatic N) is 1. The summed E-state index contributed by atoms with van der Waals surface area (Å²) in [4.78, 5) is 2.63. The highest BCUT2D eigenvalue weighted by molar-refractivity contribution is 4.89. The molecule has 1 heteroatoms. The molecule has 11 heavy (non-hydrogen) atoms. The van der Waals surface area contributed by atoms with E-state index in [1.165, 1.54) is 32.1 Å². The van der Waals surface area contributed by atoms with Crippen molar-refractivity contribution < 1.29 is 0 Å². The van der Waals surface area contributed by atoms with Crippen LogP contribution in [-0.4, -0.2) is 24.0 Å². The molecule has 0 aromatic carbocycles. The van der Waals surface area contributed by atoms with Crippen molar-refractivity contribution in [3.05, 3.63) is 0 Å². The quantitative estimate of drug-likeness (QED) is 0.516. The third-order valence-corrected chi connectivity index (χ3v) is 3.58. The van der Waals surface area contributed by atoms with E-state index in [9.17, 15) is 0 Å². The molecule has 0 aliphatic carbocycles. The molecule has 0 aromatic heterocycles. The Hall–Kier alpha value is -0.0400. The number of rotatable bonds is 0. The topological polar surface area (TPSA) is 3.24 Å². The molecule has 64 valence electrons. The Kier molecular flexibility index (Phi) is 1.92. The third kappa shape index (κ3) is 1.31. The monoisotopic (exact) mass is 153 g/mol. The summed E-state index contributed by atoms with van der Waals surface area (Å²) in [5, 5.41) is 0. The van der Waals surface area contributed by atoms with Gasteiger partial charge in [-0.25, -0.2) is 0 Å². The van der Waals surface area contributed by atoms with Crippen molar-refractivity contribution in [3.8, 4) is 0 Å². The highest BCUT2D eigenvalue weighted by atomic mass is 15.2. The van der Waals surface area contributed by atoms with E-state index in [0.29, 0.717) is 0 Å². The van der Waals surface area contributed by atoms with Gasteiger partial charge in [-0.1, -0.05) is 13.3 Å². The zero-order chi connectivity index (χ0) is 7.84. The van der Waals surface area contributed by atoms with Gasteiger partial charge in [-0.15, -0.1) is 0 Å². The average Bonchev–Trinajstić information content (AvgIpc) is 1.92. The number of hydrogen-bond acceptors (Lipinski definition) is 1. The molecule has 2 heterocycles. The summed E-state index contributed by atoms with van der Waals surface area (Å²) in [5.74, 6) is 0.987. The largest absolute Gasteiger partial charge is 0.300 e. The highest BCUT2D eigenvalue weighted by Gasteiger charge is 2.33. The molecule has 2 saturated heterocycles. The summed E-state index contributed by atoms with van der Waals surface area (Å²) >= 11 is 0. The van der Waals surface area contributed by atoms with Gasteiger partial charge in [0.2, 0.25) is 0 Å². The van der Waals surface area contributed by atoms with Gasteiger partial charge in [0.1, 0.15) is 0 Å². The van der Waals surface area contributed by atoms with Crippen molar-refractivity contribution >= 4 is 0 Å². The van der Waals surface area contributed by atoms with Crippen LogP contribution in [0.2, 0.25) is 0 Å². The maximum Gasteiger partial charge on any atom is 0.00977 e. The second kappa shape index (κ2) is 2.78. The Morgan fingerprint density at radius 1 is 1.09 bits per heavy atom. The van der Waals surface area contributed by atoms with Crippen LogP contribution in [0, 0.1) is 5.92 Å². The molecule has 0 unspecified atom stereocenters. The lowest BCUT2D eigenvalue weighted by atomic mass is 9.80. The molecule has 0 N–H and O–H groups in total. The molecule has 2 fully saturated rings. The van der Waals surface area contributed by atoms with Gasteiger partial charge < -0.3 is 4.90 Å². The minimum Gasteiger partial charge on any atom is -0.300 e. The van der Waals surface area contributed by atoms with E-state index < -0.39 is 0 Å². The molecule has 0 saturated carbocycles. The fourth-order valence-electron chi connectivity index (χ4n) is 2.89. The summed E-state index contributed by atoms with van der Waals surface area (Å²) < 4.78 is 0. The lowest BCUT2D eigenvalue weighted by molar-refractivity contribution is 0.0415. The Labute approximate surface area is 69.8 Å². The maximum absolute atomic E-state index is 2.63. The van der Waals surface area contributed by atoms with Crippen molar-refractivity contribution in [1.29, 1.82) is 0 Å². The second-order valence-corrected chi connectivity index (χ2v) is 4.48. The molecule has 3 atom stereocenters. The van der Waals surface area contributed by atoms with Gasteiger partial charge in [0.15, 0.2) is 0 Å². The van der Waals surface area contributed by atoms with E-state index in [4.69, 9.17) is 0 Å². The van der Waals surface area contributed by atoms with Crippen LogP contribution in [0.4, 0.5) is 0 Å². The number of hydrogen-bond donors (Lipinski definition) is 0. The van der Waals surface area contributed by atoms with Crippen LogP contribution in [0.15, 0.2) is 0 Å². The molecule has 0 radical (unpaired) electrons. The fourth-order valence-corrected chi connectivity index (χ4v) is 2.89. The summed E-state index contributed by atoms with van der Waals surface area (Å²) in [5.41, 5.74) is 0. The molecule has 0 spiro atoms. The lowest BCUT2D eigenvalue weighted by Gasteiger charge is -2.46. The van der Waals surface area contributed by atoms with Crippen LogP contribution in [-0.2, 0) is 0 Å². The van der Waals surface area contributed by atoms with Crippen LogP contribution in [0.5, 0.6) is 0 Å². The van der Waals surface area contributed by atoms with Crippen molar-refractivity contribution in [2.24, 2.45) is 5.92 Å². The van der Waals surface area contributed by atoms with E-state index >= 15 is 0 Å². The first-order chi connectivity index (χ1) is 5.27. The molecule has 0 amide bonds. The average molecular weight is 153 g/mol. The predicted octanol–water partition coefficient (Wildman–Crippen LogP) is 2.27. The number of fused-ring (bicyclic) bond motifs is 2. The molecular formula is C10H19N. The summed E-state index contributed by atoms with van der Waals surface area (Å²) in [7, 11) is 2.32. The molecule has 2 bridgehead atoms. The van der Waals surface area contributed by atoms with E-state index in [1.54, 1.807) is 0 Å².